The lowest BCUT2D eigenvalue weighted by molar-refractivity contribution is 0.165. The van der Waals surface area contributed by atoms with Crippen LogP contribution in [-0.2, 0) is 16.4 Å². The molecule has 0 bridgehead atoms. The number of benzene rings is 1. The van der Waals surface area contributed by atoms with Crippen molar-refractivity contribution in [3.05, 3.63) is 23.8 Å². The minimum atomic E-state index is -3.53. The number of nitrogens with zero attached hydrogens (tertiary/aromatic N) is 1. The predicted octanol–water partition coefficient (Wildman–Crippen LogP) is 1.22. The van der Waals surface area contributed by atoms with E-state index in [2.05, 4.69) is 0 Å². The minimum Gasteiger partial charge on any atom is -0.399 e. The fourth-order valence-electron chi connectivity index (χ4n) is 2.64. The van der Waals surface area contributed by atoms with E-state index in [9.17, 15) is 13.5 Å². The zero-order valence-corrected chi connectivity index (χ0v) is 12.6. The van der Waals surface area contributed by atoms with Crippen molar-refractivity contribution in [2.75, 3.05) is 25.4 Å². The number of anilines is 1. The summed E-state index contributed by atoms with van der Waals surface area (Å²) in [5.41, 5.74) is 6.98. The summed E-state index contributed by atoms with van der Waals surface area (Å²) in [7, 11) is -3.53. The molecule has 0 saturated carbocycles. The molecule has 1 heterocycles. The lowest BCUT2D eigenvalue weighted by Crippen LogP contribution is -2.41. The molecule has 0 aliphatic carbocycles. The van der Waals surface area contributed by atoms with Crippen LogP contribution in [0.2, 0.25) is 0 Å². The highest BCUT2D eigenvalue weighted by Crippen LogP contribution is 2.27. The zero-order valence-electron chi connectivity index (χ0n) is 11.7. The number of aliphatic hydroxyl groups is 1. The van der Waals surface area contributed by atoms with E-state index in [1.54, 1.807) is 12.1 Å². The van der Waals surface area contributed by atoms with Crippen LogP contribution in [0.25, 0.3) is 0 Å². The van der Waals surface area contributed by atoms with Crippen LogP contribution in [0.5, 0.6) is 0 Å². The Kier molecular flexibility index (Phi) is 4.67. The smallest absolute Gasteiger partial charge is 0.243 e. The molecule has 0 radical (unpaired) electrons. The molecule has 1 saturated heterocycles. The first-order valence-corrected chi connectivity index (χ1v) is 8.42. The molecule has 0 amide bonds. The summed E-state index contributed by atoms with van der Waals surface area (Å²) in [4.78, 5) is 0.304. The standard InChI is InChI=1S/C14H22N2O3S/c1-2-12-5-6-13(15)8-14(12)20(18,19)16-7-3-4-11(9-16)10-17/h5-6,8,11,17H,2-4,7,9-10,15H2,1H3. The topological polar surface area (TPSA) is 83.6 Å². The third-order valence-corrected chi connectivity index (χ3v) is 5.78. The summed E-state index contributed by atoms with van der Waals surface area (Å²) in [6.07, 6.45) is 2.31. The van der Waals surface area contributed by atoms with Crippen molar-refractivity contribution in [1.29, 1.82) is 0 Å². The Hall–Kier alpha value is -1.11. The van der Waals surface area contributed by atoms with Gasteiger partial charge in [0.15, 0.2) is 0 Å². The van der Waals surface area contributed by atoms with Gasteiger partial charge in [-0.2, -0.15) is 4.31 Å². The number of nitrogens with two attached hydrogens (primary N) is 1. The first-order chi connectivity index (χ1) is 9.48. The summed E-state index contributed by atoms with van der Waals surface area (Å²) >= 11 is 0. The molecular formula is C14H22N2O3S. The van der Waals surface area contributed by atoms with Crippen LogP contribution < -0.4 is 5.73 Å². The molecule has 1 aliphatic heterocycles. The maximum Gasteiger partial charge on any atom is 0.243 e. The van der Waals surface area contributed by atoms with Gasteiger partial charge < -0.3 is 10.8 Å². The lowest BCUT2D eigenvalue weighted by atomic mass is 10.0. The highest BCUT2D eigenvalue weighted by molar-refractivity contribution is 7.89. The zero-order chi connectivity index (χ0) is 14.8. The molecule has 1 atom stereocenters. The van der Waals surface area contributed by atoms with Crippen molar-refractivity contribution in [2.45, 2.75) is 31.1 Å². The van der Waals surface area contributed by atoms with Gasteiger partial charge in [-0.1, -0.05) is 13.0 Å². The van der Waals surface area contributed by atoms with Crippen molar-refractivity contribution < 1.29 is 13.5 Å². The number of hydrogen-bond donors (Lipinski definition) is 2. The van der Waals surface area contributed by atoms with Crippen LogP contribution in [0, 0.1) is 5.92 Å². The van der Waals surface area contributed by atoms with Gasteiger partial charge in [0.05, 0.1) is 4.90 Å². The molecular weight excluding hydrogens is 276 g/mol. The molecule has 1 unspecified atom stereocenters. The Labute approximate surface area is 120 Å². The highest BCUT2D eigenvalue weighted by atomic mass is 32.2. The van der Waals surface area contributed by atoms with Crippen LogP contribution >= 0.6 is 0 Å². The Morgan fingerprint density at radius 2 is 2.20 bits per heavy atom. The molecule has 3 N–H and O–H groups in total. The number of piperidine rings is 1. The third kappa shape index (κ3) is 2.97. The highest BCUT2D eigenvalue weighted by Gasteiger charge is 2.31. The number of sulfonamides is 1. The van der Waals surface area contributed by atoms with Crippen molar-refractivity contribution in [3.8, 4) is 0 Å². The summed E-state index contributed by atoms with van der Waals surface area (Å²) in [6, 6.07) is 5.04. The first-order valence-electron chi connectivity index (χ1n) is 6.98. The molecule has 112 valence electrons. The van der Waals surface area contributed by atoms with Crippen LogP contribution in [0.4, 0.5) is 5.69 Å². The van der Waals surface area contributed by atoms with Crippen LogP contribution in [0.1, 0.15) is 25.3 Å². The number of nitrogen functional groups attached to an aromatic ring is 1. The van der Waals surface area contributed by atoms with Gasteiger partial charge in [0.25, 0.3) is 0 Å². The van der Waals surface area contributed by atoms with E-state index >= 15 is 0 Å². The van der Waals surface area contributed by atoms with E-state index in [0.717, 1.165) is 18.4 Å². The van der Waals surface area contributed by atoms with Gasteiger partial charge in [-0.15, -0.1) is 0 Å². The molecule has 5 nitrogen and oxygen atoms in total. The second-order valence-corrected chi connectivity index (χ2v) is 7.18. The quantitative estimate of drug-likeness (QED) is 0.819. The summed E-state index contributed by atoms with van der Waals surface area (Å²) in [6.45, 7) is 2.86. The van der Waals surface area contributed by atoms with Crippen LogP contribution in [-0.4, -0.2) is 37.5 Å². The van der Waals surface area contributed by atoms with Gasteiger partial charge in [-0.25, -0.2) is 8.42 Å². The van der Waals surface area contributed by atoms with E-state index in [-0.39, 0.29) is 12.5 Å². The van der Waals surface area contributed by atoms with Gasteiger partial charge in [0, 0.05) is 25.4 Å². The summed E-state index contributed by atoms with van der Waals surface area (Å²) in [5.74, 6) is 0.0321. The Balaban J connectivity index is 2.37. The van der Waals surface area contributed by atoms with Gasteiger partial charge >= 0.3 is 0 Å². The fourth-order valence-corrected chi connectivity index (χ4v) is 4.52. The molecule has 1 aromatic carbocycles. The third-order valence-electron chi connectivity index (χ3n) is 3.83. The molecule has 6 heteroatoms. The summed E-state index contributed by atoms with van der Waals surface area (Å²) in [5, 5.41) is 9.25. The SMILES string of the molecule is CCc1ccc(N)cc1S(=O)(=O)N1CCCC(CO)C1. The van der Waals surface area contributed by atoms with Crippen molar-refractivity contribution in [3.63, 3.8) is 0 Å². The molecule has 20 heavy (non-hydrogen) atoms. The monoisotopic (exact) mass is 298 g/mol. The second kappa shape index (κ2) is 6.11. The molecule has 1 aromatic rings. The van der Waals surface area contributed by atoms with Crippen molar-refractivity contribution in [2.24, 2.45) is 5.92 Å². The van der Waals surface area contributed by atoms with Gasteiger partial charge in [-0.05, 0) is 42.9 Å². The van der Waals surface area contributed by atoms with Crippen molar-refractivity contribution in [1.82, 2.24) is 4.31 Å². The number of aryl methyl sites for hydroxylation is 1. The van der Waals surface area contributed by atoms with E-state index in [4.69, 9.17) is 5.73 Å². The first kappa shape index (κ1) is 15.3. The average Bonchev–Trinajstić information content (AvgIpc) is 2.47. The fraction of sp³-hybridized carbons (Fsp3) is 0.571. The van der Waals surface area contributed by atoms with Crippen molar-refractivity contribution >= 4 is 15.7 Å². The molecule has 1 fully saturated rings. The number of hydrogen-bond acceptors (Lipinski definition) is 4. The molecule has 0 aromatic heterocycles. The maximum atomic E-state index is 12.8. The van der Waals surface area contributed by atoms with Gasteiger partial charge in [-0.3, -0.25) is 0 Å². The molecule has 1 aliphatic rings. The van der Waals surface area contributed by atoms with E-state index in [1.165, 1.54) is 10.4 Å². The Morgan fingerprint density at radius 1 is 1.45 bits per heavy atom. The molecule has 2 rings (SSSR count). The Morgan fingerprint density at radius 3 is 2.85 bits per heavy atom. The van der Waals surface area contributed by atoms with E-state index in [0.29, 0.717) is 30.1 Å². The average molecular weight is 298 g/mol. The van der Waals surface area contributed by atoms with E-state index in [1.807, 2.05) is 6.92 Å². The van der Waals surface area contributed by atoms with Gasteiger partial charge in [0.1, 0.15) is 0 Å². The minimum absolute atomic E-state index is 0.0313. The number of rotatable bonds is 4. The number of aliphatic hydroxyl groups excluding tert-OH is 1. The van der Waals surface area contributed by atoms with Crippen LogP contribution in [0.3, 0.4) is 0 Å². The molecule has 0 spiro atoms. The van der Waals surface area contributed by atoms with E-state index < -0.39 is 10.0 Å². The Bertz CT molecular complexity index is 572. The lowest BCUT2D eigenvalue weighted by Gasteiger charge is -2.31. The largest absolute Gasteiger partial charge is 0.399 e. The van der Waals surface area contributed by atoms with Crippen LogP contribution in [0.15, 0.2) is 23.1 Å². The summed E-state index contributed by atoms with van der Waals surface area (Å²) < 4.78 is 27.0. The second-order valence-electron chi connectivity index (χ2n) is 5.27. The maximum absolute atomic E-state index is 12.8. The predicted molar refractivity (Wildman–Crippen MR) is 78.8 cm³/mol. The normalized spacial score (nSPS) is 21.0. The van der Waals surface area contributed by atoms with Gasteiger partial charge in [0.2, 0.25) is 10.0 Å².